The van der Waals surface area contributed by atoms with Crippen LogP contribution in [0.1, 0.15) is 17.5 Å². The smallest absolute Gasteiger partial charge is 0.160 e. The molecule has 0 bridgehead atoms. The van der Waals surface area contributed by atoms with E-state index in [0.29, 0.717) is 18.6 Å². The van der Waals surface area contributed by atoms with E-state index in [4.69, 9.17) is 4.74 Å². The molecule has 1 aromatic carbocycles. The molecular formula is C11H12O3. The predicted molar refractivity (Wildman–Crippen MR) is 51.7 cm³/mol. The third-order valence-electron chi connectivity index (χ3n) is 2.56. The third-order valence-corrected chi connectivity index (χ3v) is 2.56. The van der Waals surface area contributed by atoms with Crippen molar-refractivity contribution in [2.75, 3.05) is 7.11 Å². The van der Waals surface area contributed by atoms with E-state index in [1.807, 2.05) is 6.07 Å². The molecule has 0 radical (unpaired) electrons. The van der Waals surface area contributed by atoms with Crippen molar-refractivity contribution >= 4 is 5.78 Å². The summed E-state index contributed by atoms with van der Waals surface area (Å²) in [7, 11) is 1.52. The number of phenols is 1. The Morgan fingerprint density at radius 2 is 2.07 bits per heavy atom. The minimum atomic E-state index is 0.112. The molecule has 0 spiro atoms. The van der Waals surface area contributed by atoms with Crippen LogP contribution in [0.4, 0.5) is 0 Å². The number of ketones is 1. The molecule has 0 saturated heterocycles. The summed E-state index contributed by atoms with van der Waals surface area (Å²) >= 11 is 0. The van der Waals surface area contributed by atoms with E-state index in [1.165, 1.54) is 7.11 Å². The largest absolute Gasteiger partial charge is 0.504 e. The first kappa shape index (κ1) is 9.06. The van der Waals surface area contributed by atoms with E-state index in [9.17, 15) is 9.90 Å². The fourth-order valence-electron chi connectivity index (χ4n) is 1.79. The quantitative estimate of drug-likeness (QED) is 0.732. The first-order valence-electron chi connectivity index (χ1n) is 4.61. The number of benzene rings is 1. The molecule has 0 aliphatic heterocycles. The van der Waals surface area contributed by atoms with Crippen LogP contribution in [0.3, 0.4) is 0 Å². The van der Waals surface area contributed by atoms with Crippen LogP contribution in [0.5, 0.6) is 11.5 Å². The van der Waals surface area contributed by atoms with Gasteiger partial charge in [0, 0.05) is 12.8 Å². The van der Waals surface area contributed by atoms with E-state index in [2.05, 4.69) is 0 Å². The van der Waals surface area contributed by atoms with Crippen LogP contribution in [-0.2, 0) is 17.6 Å². The molecule has 14 heavy (non-hydrogen) atoms. The standard InChI is InChI=1S/C11H12O3/c1-14-11-6-7-2-3-9(12)4-8(7)5-10(11)13/h5-6,13H,2-4H2,1H3. The second-order valence-electron chi connectivity index (χ2n) is 3.51. The van der Waals surface area contributed by atoms with Gasteiger partial charge in [0.05, 0.1) is 7.11 Å². The monoisotopic (exact) mass is 192 g/mol. The summed E-state index contributed by atoms with van der Waals surface area (Å²) in [6.07, 6.45) is 1.79. The highest BCUT2D eigenvalue weighted by atomic mass is 16.5. The van der Waals surface area contributed by atoms with Crippen molar-refractivity contribution in [2.45, 2.75) is 19.3 Å². The van der Waals surface area contributed by atoms with Gasteiger partial charge in [-0.2, -0.15) is 0 Å². The molecule has 1 N–H and O–H groups in total. The molecule has 0 heterocycles. The highest BCUT2D eigenvalue weighted by Gasteiger charge is 2.17. The summed E-state index contributed by atoms with van der Waals surface area (Å²) in [4.78, 5) is 11.2. The summed E-state index contributed by atoms with van der Waals surface area (Å²) in [5, 5.41) is 9.52. The number of aryl methyl sites for hydroxylation is 1. The maximum Gasteiger partial charge on any atom is 0.160 e. The Morgan fingerprint density at radius 3 is 2.79 bits per heavy atom. The molecular weight excluding hydrogens is 180 g/mol. The Hall–Kier alpha value is -1.51. The van der Waals surface area contributed by atoms with Gasteiger partial charge < -0.3 is 9.84 Å². The molecule has 3 nitrogen and oxygen atoms in total. The lowest BCUT2D eigenvalue weighted by Crippen LogP contribution is -2.13. The van der Waals surface area contributed by atoms with Crippen molar-refractivity contribution in [3.05, 3.63) is 23.3 Å². The van der Waals surface area contributed by atoms with Gasteiger partial charge in [-0.15, -0.1) is 0 Å². The second kappa shape index (κ2) is 3.33. The molecule has 3 heteroatoms. The average molecular weight is 192 g/mol. The number of hydrogen-bond acceptors (Lipinski definition) is 3. The highest BCUT2D eigenvalue weighted by molar-refractivity contribution is 5.83. The minimum absolute atomic E-state index is 0.112. The SMILES string of the molecule is COc1cc2c(cc1O)CC(=O)CC2. The van der Waals surface area contributed by atoms with Crippen molar-refractivity contribution in [1.82, 2.24) is 0 Å². The number of Topliss-reactive ketones (excluding diaryl/α,β-unsaturated/α-hetero) is 1. The molecule has 0 amide bonds. The number of aromatic hydroxyl groups is 1. The lowest BCUT2D eigenvalue weighted by Gasteiger charge is -2.16. The zero-order valence-electron chi connectivity index (χ0n) is 8.04. The summed E-state index contributed by atoms with van der Waals surface area (Å²) < 4.78 is 5.00. The number of carbonyl (C=O) groups is 1. The molecule has 0 aromatic heterocycles. The van der Waals surface area contributed by atoms with Gasteiger partial charge in [-0.3, -0.25) is 4.79 Å². The Kier molecular flexibility index (Phi) is 2.15. The molecule has 1 aliphatic carbocycles. The number of methoxy groups -OCH3 is 1. The predicted octanol–water partition coefficient (Wildman–Crippen LogP) is 1.46. The van der Waals surface area contributed by atoms with Crippen LogP contribution in [0.2, 0.25) is 0 Å². The number of fused-ring (bicyclic) bond motifs is 1. The van der Waals surface area contributed by atoms with Gasteiger partial charge in [0.2, 0.25) is 0 Å². The van der Waals surface area contributed by atoms with Crippen molar-refractivity contribution in [3.8, 4) is 11.5 Å². The Labute approximate surface area is 82.3 Å². The van der Waals surface area contributed by atoms with E-state index in [-0.39, 0.29) is 11.5 Å². The van der Waals surface area contributed by atoms with Crippen LogP contribution in [0.25, 0.3) is 0 Å². The molecule has 0 atom stereocenters. The van der Waals surface area contributed by atoms with Crippen molar-refractivity contribution < 1.29 is 14.6 Å². The topological polar surface area (TPSA) is 46.5 Å². The molecule has 2 rings (SSSR count). The Morgan fingerprint density at radius 1 is 1.29 bits per heavy atom. The van der Waals surface area contributed by atoms with Crippen LogP contribution < -0.4 is 4.74 Å². The second-order valence-corrected chi connectivity index (χ2v) is 3.51. The Balaban J connectivity index is 2.45. The highest BCUT2D eigenvalue weighted by Crippen LogP contribution is 2.32. The number of hydrogen-bond donors (Lipinski definition) is 1. The Bertz CT molecular complexity index is 382. The molecule has 1 aromatic rings. The van der Waals surface area contributed by atoms with Crippen LogP contribution in [0, 0.1) is 0 Å². The van der Waals surface area contributed by atoms with E-state index >= 15 is 0 Å². The molecule has 0 unspecified atom stereocenters. The summed E-state index contributed by atoms with van der Waals surface area (Å²) in [5.74, 6) is 0.834. The van der Waals surface area contributed by atoms with Gasteiger partial charge in [-0.25, -0.2) is 0 Å². The fourth-order valence-corrected chi connectivity index (χ4v) is 1.79. The average Bonchev–Trinajstić information content (AvgIpc) is 2.16. The lowest BCUT2D eigenvalue weighted by atomic mass is 9.90. The van der Waals surface area contributed by atoms with Gasteiger partial charge in [0.1, 0.15) is 5.78 Å². The van der Waals surface area contributed by atoms with Crippen molar-refractivity contribution in [2.24, 2.45) is 0 Å². The van der Waals surface area contributed by atoms with E-state index in [0.717, 1.165) is 17.5 Å². The third kappa shape index (κ3) is 1.45. The van der Waals surface area contributed by atoms with Crippen LogP contribution in [-0.4, -0.2) is 18.0 Å². The number of rotatable bonds is 1. The van der Waals surface area contributed by atoms with Crippen LogP contribution >= 0.6 is 0 Å². The van der Waals surface area contributed by atoms with Gasteiger partial charge in [-0.05, 0) is 29.7 Å². The normalized spacial score (nSPS) is 15.1. The molecule has 0 fully saturated rings. The summed E-state index contributed by atoms with van der Waals surface area (Å²) in [6, 6.07) is 3.45. The van der Waals surface area contributed by atoms with Gasteiger partial charge >= 0.3 is 0 Å². The number of ether oxygens (including phenoxy) is 1. The summed E-state index contributed by atoms with van der Waals surface area (Å²) in [5.41, 5.74) is 2.04. The molecule has 74 valence electrons. The summed E-state index contributed by atoms with van der Waals surface area (Å²) in [6.45, 7) is 0. The first-order chi connectivity index (χ1) is 6.70. The molecule has 0 saturated carbocycles. The molecule has 1 aliphatic rings. The maximum atomic E-state index is 11.2. The number of phenolic OH excluding ortho intramolecular Hbond substituents is 1. The van der Waals surface area contributed by atoms with Gasteiger partial charge in [0.15, 0.2) is 11.5 Å². The number of carbonyl (C=O) groups excluding carboxylic acids is 1. The van der Waals surface area contributed by atoms with Crippen molar-refractivity contribution in [3.63, 3.8) is 0 Å². The lowest BCUT2D eigenvalue weighted by molar-refractivity contribution is -0.118. The van der Waals surface area contributed by atoms with Gasteiger partial charge in [0.25, 0.3) is 0 Å². The van der Waals surface area contributed by atoms with E-state index in [1.54, 1.807) is 6.07 Å². The van der Waals surface area contributed by atoms with E-state index < -0.39 is 0 Å². The zero-order valence-corrected chi connectivity index (χ0v) is 8.04. The maximum absolute atomic E-state index is 11.2. The van der Waals surface area contributed by atoms with Gasteiger partial charge in [-0.1, -0.05) is 0 Å². The van der Waals surface area contributed by atoms with Crippen molar-refractivity contribution in [1.29, 1.82) is 0 Å². The first-order valence-corrected chi connectivity index (χ1v) is 4.61. The fraction of sp³-hybridized carbons (Fsp3) is 0.364. The minimum Gasteiger partial charge on any atom is -0.504 e. The van der Waals surface area contributed by atoms with Crippen LogP contribution in [0.15, 0.2) is 12.1 Å². The zero-order chi connectivity index (χ0) is 10.1.